The number of carbonyl (C=O) groups is 1. The minimum absolute atomic E-state index is 0.0276. The van der Waals surface area contributed by atoms with Crippen molar-refractivity contribution in [2.45, 2.75) is 0 Å². The Kier molecular flexibility index (Phi) is 5.17. The first-order chi connectivity index (χ1) is 11.1. The molecule has 5 heteroatoms. The molecule has 3 aromatic rings. The normalized spacial score (nSPS) is 10.5. The number of carbonyl (C=O) groups excluding carboxylic acids is 1. The summed E-state index contributed by atoms with van der Waals surface area (Å²) in [6, 6.07) is 19.5. The molecule has 3 rings (SSSR count). The van der Waals surface area contributed by atoms with Crippen LogP contribution in [0.5, 0.6) is 5.75 Å². The molecule has 0 aliphatic rings. The molecule has 0 heterocycles. The lowest BCUT2D eigenvalue weighted by Gasteiger charge is -2.11. The van der Waals surface area contributed by atoms with Gasteiger partial charge in [-0.1, -0.05) is 52.3 Å². The lowest BCUT2D eigenvalue weighted by atomic mass is 10.1. The first kappa shape index (κ1) is 16.3. The number of nitrogens with one attached hydrogen (secondary N) is 1. The third-order valence-electron chi connectivity index (χ3n) is 3.31. The summed E-state index contributed by atoms with van der Waals surface area (Å²) < 4.78 is 7.64. The average Bonchev–Trinajstić information content (AvgIpc) is 2.55. The molecular weight excluding hydrogens is 469 g/mol. The van der Waals surface area contributed by atoms with Crippen LogP contribution in [0.3, 0.4) is 0 Å². The van der Waals surface area contributed by atoms with Crippen molar-refractivity contribution in [2.24, 2.45) is 0 Å². The van der Waals surface area contributed by atoms with Gasteiger partial charge < -0.3 is 10.1 Å². The number of hydrogen-bond donors (Lipinski definition) is 1. The van der Waals surface area contributed by atoms with E-state index in [1.165, 1.54) is 0 Å². The van der Waals surface area contributed by atoms with Gasteiger partial charge in [0.15, 0.2) is 6.61 Å². The highest BCUT2D eigenvalue weighted by molar-refractivity contribution is 14.1. The quantitative estimate of drug-likeness (QED) is 0.518. The molecule has 0 aliphatic carbocycles. The Morgan fingerprint density at radius 2 is 1.87 bits per heavy atom. The van der Waals surface area contributed by atoms with Crippen LogP contribution in [-0.4, -0.2) is 12.5 Å². The van der Waals surface area contributed by atoms with Gasteiger partial charge in [0.25, 0.3) is 5.91 Å². The third-order valence-corrected chi connectivity index (χ3v) is 4.70. The maximum atomic E-state index is 12.1. The SMILES string of the molecule is O=C(COc1cccc2ccccc12)Nc1ccc(Br)cc1I. The molecule has 0 aliphatic heterocycles. The van der Waals surface area contributed by atoms with Crippen molar-refractivity contribution in [3.63, 3.8) is 0 Å². The highest BCUT2D eigenvalue weighted by Crippen LogP contribution is 2.25. The lowest BCUT2D eigenvalue weighted by Crippen LogP contribution is -2.20. The molecule has 1 N–H and O–H groups in total. The van der Waals surface area contributed by atoms with Crippen molar-refractivity contribution in [2.75, 3.05) is 11.9 Å². The molecule has 0 fully saturated rings. The first-order valence-corrected chi connectivity index (χ1v) is 8.86. The standard InChI is InChI=1S/C18H13BrINO2/c19-13-8-9-16(15(20)10-13)21-18(22)11-23-17-7-3-5-12-4-1-2-6-14(12)17/h1-10H,11H2,(H,21,22). The van der Waals surface area contributed by atoms with E-state index in [1.807, 2.05) is 60.7 Å². The fourth-order valence-corrected chi connectivity index (χ4v) is 3.68. The van der Waals surface area contributed by atoms with E-state index in [2.05, 4.69) is 43.8 Å². The summed E-state index contributed by atoms with van der Waals surface area (Å²) in [5, 5.41) is 4.96. The molecule has 0 bridgehead atoms. The Morgan fingerprint density at radius 1 is 1.09 bits per heavy atom. The molecule has 116 valence electrons. The van der Waals surface area contributed by atoms with Gasteiger partial charge in [0.1, 0.15) is 5.75 Å². The molecule has 3 aromatic carbocycles. The average molecular weight is 482 g/mol. The van der Waals surface area contributed by atoms with Crippen LogP contribution < -0.4 is 10.1 Å². The second kappa shape index (κ2) is 7.31. The van der Waals surface area contributed by atoms with Crippen molar-refractivity contribution in [3.8, 4) is 5.75 Å². The monoisotopic (exact) mass is 481 g/mol. The van der Waals surface area contributed by atoms with Crippen molar-refractivity contribution >= 4 is 60.9 Å². The molecule has 23 heavy (non-hydrogen) atoms. The fraction of sp³-hybridized carbons (Fsp3) is 0.0556. The van der Waals surface area contributed by atoms with Gasteiger partial charge in [-0.3, -0.25) is 4.79 Å². The zero-order valence-electron chi connectivity index (χ0n) is 12.1. The van der Waals surface area contributed by atoms with E-state index in [-0.39, 0.29) is 12.5 Å². The minimum atomic E-state index is -0.182. The smallest absolute Gasteiger partial charge is 0.262 e. The van der Waals surface area contributed by atoms with E-state index < -0.39 is 0 Å². The zero-order chi connectivity index (χ0) is 16.2. The van der Waals surface area contributed by atoms with Gasteiger partial charge in [0, 0.05) is 13.4 Å². The van der Waals surface area contributed by atoms with Gasteiger partial charge in [-0.2, -0.15) is 0 Å². The summed E-state index contributed by atoms with van der Waals surface area (Å²) in [5.41, 5.74) is 0.778. The highest BCUT2D eigenvalue weighted by Gasteiger charge is 2.08. The topological polar surface area (TPSA) is 38.3 Å². The van der Waals surface area contributed by atoms with Gasteiger partial charge in [-0.05, 0) is 52.2 Å². The fourth-order valence-electron chi connectivity index (χ4n) is 2.24. The summed E-state index contributed by atoms with van der Waals surface area (Å²) in [6.45, 7) is -0.0276. The van der Waals surface area contributed by atoms with Crippen LogP contribution >= 0.6 is 38.5 Å². The van der Waals surface area contributed by atoms with Gasteiger partial charge in [-0.15, -0.1) is 0 Å². The van der Waals surface area contributed by atoms with Gasteiger partial charge in [-0.25, -0.2) is 0 Å². The number of anilines is 1. The van der Waals surface area contributed by atoms with Crippen molar-refractivity contribution in [3.05, 3.63) is 68.7 Å². The Balaban J connectivity index is 1.69. The van der Waals surface area contributed by atoms with Crippen LogP contribution in [0.25, 0.3) is 10.8 Å². The summed E-state index contributed by atoms with van der Waals surface area (Å²) in [4.78, 5) is 12.1. The van der Waals surface area contributed by atoms with Crippen molar-refractivity contribution in [1.82, 2.24) is 0 Å². The predicted molar refractivity (Wildman–Crippen MR) is 105 cm³/mol. The van der Waals surface area contributed by atoms with Gasteiger partial charge >= 0.3 is 0 Å². The van der Waals surface area contributed by atoms with E-state index >= 15 is 0 Å². The number of rotatable bonds is 4. The summed E-state index contributed by atoms with van der Waals surface area (Å²) >= 11 is 5.59. The number of fused-ring (bicyclic) bond motifs is 1. The molecule has 3 nitrogen and oxygen atoms in total. The summed E-state index contributed by atoms with van der Waals surface area (Å²) in [7, 11) is 0. The van der Waals surface area contributed by atoms with Gasteiger partial charge in [0.2, 0.25) is 0 Å². The Bertz CT molecular complexity index is 861. The third kappa shape index (κ3) is 4.03. The Morgan fingerprint density at radius 3 is 2.70 bits per heavy atom. The van der Waals surface area contributed by atoms with E-state index in [0.29, 0.717) is 5.75 Å². The van der Waals surface area contributed by atoms with Crippen molar-refractivity contribution in [1.29, 1.82) is 0 Å². The number of ether oxygens (including phenoxy) is 1. The second-order valence-corrected chi connectivity index (χ2v) is 7.02. The van der Waals surface area contributed by atoms with Crippen LogP contribution in [0.1, 0.15) is 0 Å². The van der Waals surface area contributed by atoms with Crippen molar-refractivity contribution < 1.29 is 9.53 Å². The van der Waals surface area contributed by atoms with Crippen LogP contribution in [0.2, 0.25) is 0 Å². The molecule has 0 atom stereocenters. The molecule has 0 spiro atoms. The molecule has 0 unspecified atom stereocenters. The molecular formula is C18H13BrINO2. The largest absolute Gasteiger partial charge is 0.483 e. The maximum Gasteiger partial charge on any atom is 0.262 e. The van der Waals surface area contributed by atoms with E-state index in [4.69, 9.17) is 4.74 Å². The lowest BCUT2D eigenvalue weighted by molar-refractivity contribution is -0.118. The Hall–Kier alpha value is -1.60. The maximum absolute atomic E-state index is 12.1. The van der Waals surface area contributed by atoms with Crippen LogP contribution in [0.4, 0.5) is 5.69 Å². The Labute approximate surface area is 156 Å². The summed E-state index contributed by atoms with van der Waals surface area (Å²) in [6.07, 6.45) is 0. The van der Waals surface area contributed by atoms with Crippen LogP contribution in [0, 0.1) is 3.57 Å². The molecule has 1 amide bonds. The van der Waals surface area contributed by atoms with E-state index in [9.17, 15) is 4.79 Å². The molecule has 0 radical (unpaired) electrons. The number of hydrogen-bond acceptors (Lipinski definition) is 2. The highest BCUT2D eigenvalue weighted by atomic mass is 127. The predicted octanol–water partition coefficient (Wildman–Crippen LogP) is 5.22. The summed E-state index contributed by atoms with van der Waals surface area (Å²) in [5.74, 6) is 0.530. The van der Waals surface area contributed by atoms with Crippen LogP contribution in [0.15, 0.2) is 65.1 Å². The number of benzene rings is 3. The van der Waals surface area contributed by atoms with Crippen LogP contribution in [-0.2, 0) is 4.79 Å². The second-order valence-electron chi connectivity index (χ2n) is 4.94. The first-order valence-electron chi connectivity index (χ1n) is 6.99. The minimum Gasteiger partial charge on any atom is -0.483 e. The molecule has 0 aromatic heterocycles. The molecule has 0 saturated heterocycles. The van der Waals surface area contributed by atoms with E-state index in [1.54, 1.807) is 0 Å². The number of halogens is 2. The van der Waals surface area contributed by atoms with Gasteiger partial charge in [0.05, 0.1) is 5.69 Å². The molecule has 0 saturated carbocycles. The van der Waals surface area contributed by atoms with E-state index in [0.717, 1.165) is 24.5 Å². The zero-order valence-corrected chi connectivity index (χ0v) is 15.8. The number of amides is 1.